The average Bonchev–Trinajstić information content (AvgIpc) is 3.20. The van der Waals surface area contributed by atoms with E-state index in [0.717, 1.165) is 29.0 Å². The van der Waals surface area contributed by atoms with Crippen LogP contribution in [0.25, 0.3) is 16.7 Å². The van der Waals surface area contributed by atoms with Gasteiger partial charge in [0.1, 0.15) is 5.82 Å². The Labute approximate surface area is 187 Å². The van der Waals surface area contributed by atoms with Gasteiger partial charge in [-0.3, -0.25) is 14.6 Å². The highest BCUT2D eigenvalue weighted by molar-refractivity contribution is 6.32. The zero-order valence-electron chi connectivity index (χ0n) is 17.0. The lowest BCUT2D eigenvalue weighted by atomic mass is 10.0. The summed E-state index contributed by atoms with van der Waals surface area (Å²) < 4.78 is 39.6. The van der Waals surface area contributed by atoms with Crippen LogP contribution in [0.4, 0.5) is 19.0 Å². The Hall–Kier alpha value is -2.95. The van der Waals surface area contributed by atoms with Gasteiger partial charge in [-0.25, -0.2) is 4.98 Å². The monoisotopic (exact) mass is 464 g/mol. The number of aromatic nitrogens is 4. The van der Waals surface area contributed by atoms with E-state index >= 15 is 0 Å². The van der Waals surface area contributed by atoms with Gasteiger partial charge in [0.2, 0.25) is 0 Å². The minimum atomic E-state index is -4.45. The van der Waals surface area contributed by atoms with E-state index in [0.29, 0.717) is 30.2 Å². The van der Waals surface area contributed by atoms with Crippen LogP contribution in [0.5, 0.6) is 0 Å². The number of hydrogen-bond donors (Lipinski definition) is 2. The molecule has 0 radical (unpaired) electrons. The first kappa shape index (κ1) is 22.3. The molecule has 4 rings (SSSR count). The van der Waals surface area contributed by atoms with E-state index in [1.54, 1.807) is 22.0 Å². The van der Waals surface area contributed by atoms with E-state index in [2.05, 4.69) is 20.4 Å². The van der Waals surface area contributed by atoms with Gasteiger partial charge in [0, 0.05) is 49.9 Å². The minimum Gasteiger partial charge on any atom is -0.361 e. The molecule has 0 spiro atoms. The highest BCUT2D eigenvalue weighted by Crippen LogP contribution is 2.31. The van der Waals surface area contributed by atoms with Crippen molar-refractivity contribution in [3.05, 3.63) is 65.3 Å². The largest absolute Gasteiger partial charge is 0.417 e. The van der Waals surface area contributed by atoms with Crippen LogP contribution < -0.4 is 5.32 Å². The normalized spacial score (nSPS) is 16.0. The second-order valence-corrected chi connectivity index (χ2v) is 7.79. The molecule has 0 saturated heterocycles. The Bertz CT molecular complexity index is 1130. The van der Waals surface area contributed by atoms with E-state index in [9.17, 15) is 18.3 Å². The van der Waals surface area contributed by atoms with Crippen molar-refractivity contribution in [2.24, 2.45) is 7.05 Å². The fourth-order valence-electron chi connectivity index (χ4n) is 3.39. The van der Waals surface area contributed by atoms with Gasteiger partial charge in [-0.1, -0.05) is 17.7 Å². The average molecular weight is 465 g/mol. The molecule has 11 heteroatoms. The van der Waals surface area contributed by atoms with Crippen LogP contribution in [-0.4, -0.2) is 49.2 Å². The number of anilines is 1. The maximum absolute atomic E-state index is 12.6. The number of halogens is 4. The van der Waals surface area contributed by atoms with Crippen LogP contribution in [-0.2, 0) is 13.2 Å². The van der Waals surface area contributed by atoms with Gasteiger partial charge >= 0.3 is 6.18 Å². The number of nitrogens with one attached hydrogen (secondary N) is 1. The van der Waals surface area contributed by atoms with Crippen LogP contribution in [0.15, 0.2) is 49.1 Å². The summed E-state index contributed by atoms with van der Waals surface area (Å²) in [4.78, 5) is 9.96. The fourth-order valence-corrected chi connectivity index (χ4v) is 3.68. The van der Waals surface area contributed by atoms with Crippen molar-refractivity contribution in [3.63, 3.8) is 0 Å². The topological polar surface area (TPSA) is 79.1 Å². The van der Waals surface area contributed by atoms with Crippen molar-refractivity contribution in [2.45, 2.75) is 18.9 Å². The van der Waals surface area contributed by atoms with E-state index in [-0.39, 0.29) is 5.82 Å². The molecule has 0 aliphatic carbocycles. The molecule has 4 heterocycles. The first-order valence-corrected chi connectivity index (χ1v) is 10.1. The van der Waals surface area contributed by atoms with Crippen molar-refractivity contribution >= 4 is 23.0 Å². The van der Waals surface area contributed by atoms with Crippen LogP contribution in [0.3, 0.4) is 0 Å². The van der Waals surface area contributed by atoms with Gasteiger partial charge in [-0.2, -0.15) is 18.3 Å². The predicted octanol–water partition coefficient (Wildman–Crippen LogP) is 4.03. The molecule has 168 valence electrons. The van der Waals surface area contributed by atoms with Crippen molar-refractivity contribution < 1.29 is 18.3 Å². The fraction of sp³-hybridized carbons (Fsp3) is 0.286. The van der Waals surface area contributed by atoms with E-state index < -0.39 is 18.1 Å². The summed E-state index contributed by atoms with van der Waals surface area (Å²) in [6.45, 7) is 0.912. The maximum atomic E-state index is 12.6. The quantitative estimate of drug-likeness (QED) is 0.555. The van der Waals surface area contributed by atoms with Crippen molar-refractivity contribution in [1.82, 2.24) is 24.6 Å². The molecule has 0 amide bonds. The Morgan fingerprint density at radius 3 is 2.53 bits per heavy atom. The summed E-state index contributed by atoms with van der Waals surface area (Å²) in [7, 11) is 1.84. The number of rotatable bonds is 5. The molecule has 2 N–H and O–H groups in total. The number of nitrogens with zero attached hydrogens (tertiary/aromatic N) is 5. The first-order valence-electron chi connectivity index (χ1n) is 9.76. The third-order valence-electron chi connectivity index (χ3n) is 5.14. The molecule has 1 aliphatic heterocycles. The lowest BCUT2D eigenvalue weighted by Crippen LogP contribution is -2.43. The smallest absolute Gasteiger partial charge is 0.361 e. The molecule has 1 aliphatic rings. The molecule has 3 aromatic heterocycles. The SMILES string of the molecule is Cn1cc(-c2cnc(C3=CCN(C(O)Nc4ccc(C(F)(F)F)cn4)CC3)c(Cl)c2)cn1. The molecule has 0 fully saturated rings. The second kappa shape index (κ2) is 8.89. The zero-order chi connectivity index (χ0) is 22.9. The number of aliphatic hydroxyl groups excluding tert-OH is 1. The van der Waals surface area contributed by atoms with Gasteiger partial charge in [0.25, 0.3) is 0 Å². The molecule has 1 atom stereocenters. The summed E-state index contributed by atoms with van der Waals surface area (Å²) in [6.07, 6.45) is 3.06. The van der Waals surface area contributed by atoms with Gasteiger partial charge < -0.3 is 10.4 Å². The Morgan fingerprint density at radius 1 is 1.16 bits per heavy atom. The van der Waals surface area contributed by atoms with Gasteiger partial charge in [0.15, 0.2) is 6.35 Å². The first-order chi connectivity index (χ1) is 15.2. The third kappa shape index (κ3) is 4.93. The van der Waals surface area contributed by atoms with Gasteiger partial charge in [-0.05, 0) is 30.2 Å². The molecular weight excluding hydrogens is 445 g/mol. The molecule has 0 bridgehead atoms. The highest BCUT2D eigenvalue weighted by Gasteiger charge is 2.31. The Morgan fingerprint density at radius 2 is 1.97 bits per heavy atom. The van der Waals surface area contributed by atoms with Crippen LogP contribution in [0.2, 0.25) is 5.02 Å². The van der Waals surface area contributed by atoms with Gasteiger partial charge in [0.05, 0.1) is 22.5 Å². The van der Waals surface area contributed by atoms with Crippen molar-refractivity contribution in [1.29, 1.82) is 0 Å². The summed E-state index contributed by atoms with van der Waals surface area (Å²) in [5.74, 6) is 0.149. The molecular formula is C21H20ClF3N6O. The summed E-state index contributed by atoms with van der Waals surface area (Å²) in [5.41, 5.74) is 2.59. The zero-order valence-corrected chi connectivity index (χ0v) is 17.8. The van der Waals surface area contributed by atoms with Crippen LogP contribution in [0.1, 0.15) is 17.7 Å². The van der Waals surface area contributed by atoms with E-state index in [1.165, 1.54) is 6.07 Å². The molecule has 1 unspecified atom stereocenters. The highest BCUT2D eigenvalue weighted by atomic mass is 35.5. The minimum absolute atomic E-state index is 0.149. The van der Waals surface area contributed by atoms with Gasteiger partial charge in [-0.15, -0.1) is 0 Å². The number of alkyl halides is 3. The second-order valence-electron chi connectivity index (χ2n) is 7.38. The Balaban J connectivity index is 1.40. The molecule has 0 aromatic carbocycles. The molecule has 3 aromatic rings. The summed E-state index contributed by atoms with van der Waals surface area (Å²) >= 11 is 6.48. The maximum Gasteiger partial charge on any atom is 0.417 e. The number of hydrogen-bond acceptors (Lipinski definition) is 6. The predicted molar refractivity (Wildman–Crippen MR) is 114 cm³/mol. The molecule has 0 saturated carbocycles. The van der Waals surface area contributed by atoms with Crippen molar-refractivity contribution in [2.75, 3.05) is 18.4 Å². The lowest BCUT2D eigenvalue weighted by molar-refractivity contribution is -0.137. The standard InChI is InChI=1S/C21H20ClF3N6O/c1-30-12-15(10-28-30)14-8-17(22)19(27-9-14)13-4-6-31(7-5-13)20(32)29-18-3-2-16(11-26-18)21(23,24)25/h2-4,8-12,20,32H,5-7H2,1H3,(H,26,29). The number of aliphatic hydroxyl groups is 1. The molecule has 7 nitrogen and oxygen atoms in total. The number of aryl methyl sites for hydroxylation is 1. The third-order valence-corrected chi connectivity index (χ3v) is 5.43. The summed E-state index contributed by atoms with van der Waals surface area (Å²) in [6, 6.07) is 3.95. The van der Waals surface area contributed by atoms with Crippen molar-refractivity contribution in [3.8, 4) is 11.1 Å². The summed E-state index contributed by atoms with van der Waals surface area (Å²) in [5, 5.41) is 17.8. The number of pyridine rings is 2. The van der Waals surface area contributed by atoms with Crippen LogP contribution >= 0.6 is 11.6 Å². The lowest BCUT2D eigenvalue weighted by Gasteiger charge is -2.31. The van der Waals surface area contributed by atoms with E-state index in [4.69, 9.17) is 11.6 Å². The molecule has 32 heavy (non-hydrogen) atoms. The van der Waals surface area contributed by atoms with Crippen LogP contribution in [0, 0.1) is 0 Å². The van der Waals surface area contributed by atoms with E-state index in [1.807, 2.05) is 25.4 Å². The Kier molecular flexibility index (Phi) is 6.18.